The van der Waals surface area contributed by atoms with Gasteiger partial charge in [-0.3, -0.25) is 9.59 Å². The van der Waals surface area contributed by atoms with Crippen molar-refractivity contribution in [2.45, 2.75) is 19.8 Å². The van der Waals surface area contributed by atoms with E-state index in [1.165, 1.54) is 12.1 Å². The van der Waals surface area contributed by atoms with Gasteiger partial charge >= 0.3 is 5.97 Å². The van der Waals surface area contributed by atoms with Crippen LogP contribution in [0, 0.1) is 5.82 Å². The van der Waals surface area contributed by atoms with E-state index in [4.69, 9.17) is 10.5 Å². The van der Waals surface area contributed by atoms with Gasteiger partial charge in [0.1, 0.15) is 5.82 Å². The van der Waals surface area contributed by atoms with E-state index < -0.39 is 11.7 Å². The van der Waals surface area contributed by atoms with Crippen molar-refractivity contribution in [1.82, 2.24) is 5.32 Å². The Labute approximate surface area is 110 Å². The van der Waals surface area contributed by atoms with Crippen molar-refractivity contribution in [3.63, 3.8) is 0 Å². The SMILES string of the molecule is CCOC(=O)CCCNC(=O)c1cc(N)ccc1F. The number of nitrogen functional groups attached to an aromatic ring is 1. The first kappa shape index (κ1) is 14.9. The van der Waals surface area contributed by atoms with Gasteiger partial charge in [-0.2, -0.15) is 0 Å². The van der Waals surface area contributed by atoms with Crippen LogP contribution in [0.25, 0.3) is 0 Å². The largest absolute Gasteiger partial charge is 0.466 e. The smallest absolute Gasteiger partial charge is 0.305 e. The van der Waals surface area contributed by atoms with Crippen LogP contribution < -0.4 is 11.1 Å². The summed E-state index contributed by atoms with van der Waals surface area (Å²) in [4.78, 5) is 22.7. The molecule has 0 unspecified atom stereocenters. The van der Waals surface area contributed by atoms with Gasteiger partial charge in [-0.15, -0.1) is 0 Å². The molecular formula is C13H17FN2O3. The van der Waals surface area contributed by atoms with Crippen LogP contribution in [0.1, 0.15) is 30.1 Å². The van der Waals surface area contributed by atoms with Crippen LogP contribution in [0.4, 0.5) is 10.1 Å². The number of nitrogens with one attached hydrogen (secondary N) is 1. The van der Waals surface area contributed by atoms with Crippen molar-refractivity contribution in [1.29, 1.82) is 0 Å². The third-order valence-electron chi connectivity index (χ3n) is 2.38. The second-order valence-corrected chi connectivity index (χ2v) is 3.90. The lowest BCUT2D eigenvalue weighted by atomic mass is 10.1. The van der Waals surface area contributed by atoms with E-state index in [-0.39, 0.29) is 24.5 Å². The summed E-state index contributed by atoms with van der Waals surface area (Å²) in [6.45, 7) is 2.33. The number of rotatable bonds is 6. The highest BCUT2D eigenvalue weighted by molar-refractivity contribution is 5.95. The molecule has 0 bridgehead atoms. The molecule has 0 aliphatic carbocycles. The third kappa shape index (κ3) is 4.95. The van der Waals surface area contributed by atoms with Crippen molar-refractivity contribution in [2.75, 3.05) is 18.9 Å². The summed E-state index contributed by atoms with van der Waals surface area (Å²) < 4.78 is 18.1. The summed E-state index contributed by atoms with van der Waals surface area (Å²) in [6, 6.07) is 3.80. The maximum atomic E-state index is 13.4. The molecular weight excluding hydrogens is 251 g/mol. The number of hydrogen-bond acceptors (Lipinski definition) is 4. The molecule has 1 aromatic rings. The molecule has 0 fully saturated rings. The number of hydrogen-bond donors (Lipinski definition) is 2. The molecule has 104 valence electrons. The molecule has 1 rings (SSSR count). The number of nitrogens with two attached hydrogens (primary N) is 1. The molecule has 5 nitrogen and oxygen atoms in total. The highest BCUT2D eigenvalue weighted by atomic mass is 19.1. The molecule has 1 amide bonds. The van der Waals surface area contributed by atoms with E-state index in [9.17, 15) is 14.0 Å². The molecule has 6 heteroatoms. The fraction of sp³-hybridized carbons (Fsp3) is 0.385. The average molecular weight is 268 g/mol. The Morgan fingerprint density at radius 1 is 1.42 bits per heavy atom. The van der Waals surface area contributed by atoms with Crippen LogP contribution in [0.5, 0.6) is 0 Å². The first-order valence-corrected chi connectivity index (χ1v) is 6.03. The molecule has 0 aromatic heterocycles. The molecule has 0 spiro atoms. The second kappa shape index (κ2) is 7.35. The summed E-state index contributed by atoms with van der Waals surface area (Å²) >= 11 is 0. The van der Waals surface area contributed by atoms with Gasteiger partial charge in [0.25, 0.3) is 5.91 Å². The lowest BCUT2D eigenvalue weighted by Gasteiger charge is -2.06. The van der Waals surface area contributed by atoms with Crippen molar-refractivity contribution in [3.8, 4) is 0 Å². The van der Waals surface area contributed by atoms with Crippen LogP contribution in [-0.2, 0) is 9.53 Å². The molecule has 0 saturated carbocycles. The predicted molar refractivity (Wildman–Crippen MR) is 69.0 cm³/mol. The Hall–Kier alpha value is -2.11. The summed E-state index contributed by atoms with van der Waals surface area (Å²) in [6.07, 6.45) is 0.655. The Morgan fingerprint density at radius 2 is 2.16 bits per heavy atom. The fourth-order valence-electron chi connectivity index (χ4n) is 1.48. The molecule has 0 atom stereocenters. The van der Waals surface area contributed by atoms with Crippen molar-refractivity contribution in [3.05, 3.63) is 29.6 Å². The van der Waals surface area contributed by atoms with E-state index in [1.54, 1.807) is 6.92 Å². The van der Waals surface area contributed by atoms with Crippen molar-refractivity contribution >= 4 is 17.6 Å². The first-order valence-electron chi connectivity index (χ1n) is 6.03. The van der Waals surface area contributed by atoms with Crippen LogP contribution in [0.2, 0.25) is 0 Å². The Kier molecular flexibility index (Phi) is 5.78. The topological polar surface area (TPSA) is 81.4 Å². The van der Waals surface area contributed by atoms with Gasteiger partial charge in [-0.25, -0.2) is 4.39 Å². The summed E-state index contributed by atoms with van der Waals surface area (Å²) in [5, 5.41) is 2.52. The minimum Gasteiger partial charge on any atom is -0.466 e. The lowest BCUT2D eigenvalue weighted by molar-refractivity contribution is -0.143. The summed E-state index contributed by atoms with van der Waals surface area (Å²) in [5.74, 6) is -1.49. The monoisotopic (exact) mass is 268 g/mol. The zero-order valence-corrected chi connectivity index (χ0v) is 10.7. The Balaban J connectivity index is 2.39. The van der Waals surface area contributed by atoms with E-state index in [0.29, 0.717) is 18.7 Å². The van der Waals surface area contributed by atoms with Crippen LogP contribution >= 0.6 is 0 Å². The van der Waals surface area contributed by atoms with Gasteiger partial charge < -0.3 is 15.8 Å². The number of halogens is 1. The molecule has 3 N–H and O–H groups in total. The summed E-state index contributed by atoms with van der Waals surface area (Å²) in [7, 11) is 0. The van der Waals surface area contributed by atoms with Gasteiger partial charge in [-0.1, -0.05) is 0 Å². The molecule has 0 aliphatic rings. The number of benzene rings is 1. The zero-order valence-electron chi connectivity index (χ0n) is 10.7. The number of esters is 1. The van der Waals surface area contributed by atoms with Crippen LogP contribution in [0.15, 0.2) is 18.2 Å². The van der Waals surface area contributed by atoms with Gasteiger partial charge in [0.15, 0.2) is 0 Å². The minimum absolute atomic E-state index is 0.101. The van der Waals surface area contributed by atoms with Crippen LogP contribution in [-0.4, -0.2) is 25.0 Å². The van der Waals surface area contributed by atoms with Crippen LogP contribution in [0.3, 0.4) is 0 Å². The fourth-order valence-corrected chi connectivity index (χ4v) is 1.48. The van der Waals surface area contributed by atoms with E-state index in [0.717, 1.165) is 6.07 Å². The van der Waals surface area contributed by atoms with Gasteiger partial charge in [-0.05, 0) is 31.5 Å². The molecule has 0 saturated heterocycles. The number of amides is 1. The highest BCUT2D eigenvalue weighted by Crippen LogP contribution is 2.11. The number of ether oxygens (including phenoxy) is 1. The Bertz CT molecular complexity index is 463. The highest BCUT2D eigenvalue weighted by Gasteiger charge is 2.11. The van der Waals surface area contributed by atoms with Crippen molar-refractivity contribution < 1.29 is 18.7 Å². The average Bonchev–Trinajstić information content (AvgIpc) is 2.37. The first-order chi connectivity index (χ1) is 9.04. The maximum Gasteiger partial charge on any atom is 0.305 e. The van der Waals surface area contributed by atoms with Gasteiger partial charge in [0.2, 0.25) is 0 Å². The quantitative estimate of drug-likeness (QED) is 0.465. The third-order valence-corrected chi connectivity index (χ3v) is 2.38. The molecule has 1 aromatic carbocycles. The standard InChI is InChI=1S/C13H17FN2O3/c1-2-19-12(17)4-3-7-16-13(18)10-8-9(15)5-6-11(10)14/h5-6,8H,2-4,7,15H2,1H3,(H,16,18). The molecule has 0 radical (unpaired) electrons. The van der Waals surface area contributed by atoms with Gasteiger partial charge in [0.05, 0.1) is 12.2 Å². The lowest BCUT2D eigenvalue weighted by Crippen LogP contribution is -2.26. The normalized spacial score (nSPS) is 10.0. The van der Waals surface area contributed by atoms with E-state index >= 15 is 0 Å². The van der Waals surface area contributed by atoms with Crippen molar-refractivity contribution in [2.24, 2.45) is 0 Å². The number of anilines is 1. The number of carbonyl (C=O) groups is 2. The zero-order chi connectivity index (χ0) is 14.3. The molecule has 0 heterocycles. The second-order valence-electron chi connectivity index (χ2n) is 3.90. The Morgan fingerprint density at radius 3 is 2.84 bits per heavy atom. The maximum absolute atomic E-state index is 13.4. The minimum atomic E-state index is -0.628. The predicted octanol–water partition coefficient (Wildman–Crippen LogP) is 1.48. The van der Waals surface area contributed by atoms with Gasteiger partial charge in [0, 0.05) is 18.7 Å². The van der Waals surface area contributed by atoms with E-state index in [1.807, 2.05) is 0 Å². The van der Waals surface area contributed by atoms with E-state index in [2.05, 4.69) is 5.32 Å². The molecule has 19 heavy (non-hydrogen) atoms. The molecule has 0 aliphatic heterocycles. The number of carbonyl (C=O) groups excluding carboxylic acids is 2. The summed E-state index contributed by atoms with van der Waals surface area (Å²) in [5.41, 5.74) is 5.70.